The summed E-state index contributed by atoms with van der Waals surface area (Å²) in [7, 11) is 0. The van der Waals surface area contributed by atoms with Gasteiger partial charge in [-0.05, 0) is 61.2 Å². The molecule has 0 amide bonds. The van der Waals surface area contributed by atoms with Crippen molar-refractivity contribution in [3.63, 3.8) is 0 Å². The van der Waals surface area contributed by atoms with Gasteiger partial charge in [0.1, 0.15) is 0 Å². The normalized spacial score (nSPS) is 15.5. The Labute approximate surface area is 160 Å². The molecule has 0 saturated heterocycles. The molecule has 0 N–H and O–H groups in total. The fraction of sp³-hybridized carbons (Fsp3) is 1.00. The summed E-state index contributed by atoms with van der Waals surface area (Å²) in [5.74, 6) is 2.75. The molecule has 0 aromatic rings. The van der Waals surface area contributed by atoms with Crippen molar-refractivity contribution in [2.45, 2.75) is 80.1 Å². The van der Waals surface area contributed by atoms with Gasteiger partial charge >= 0.3 is 0 Å². The second kappa shape index (κ2) is 12.8. The second-order valence-corrected chi connectivity index (χ2v) is 9.77. The first-order valence-electron chi connectivity index (χ1n) is 9.49. The number of rotatable bonds is 13. The molecular formula is C20H40Cl2O2. The zero-order valence-electron chi connectivity index (χ0n) is 16.8. The quantitative estimate of drug-likeness (QED) is 0.146. The zero-order valence-corrected chi connectivity index (χ0v) is 18.3. The van der Waals surface area contributed by atoms with Crippen LogP contribution in [0.15, 0.2) is 0 Å². The van der Waals surface area contributed by atoms with Gasteiger partial charge in [0.15, 0.2) is 0 Å². The van der Waals surface area contributed by atoms with Gasteiger partial charge in [0.25, 0.3) is 0 Å². The van der Waals surface area contributed by atoms with Crippen LogP contribution in [0.1, 0.15) is 80.1 Å². The molecule has 146 valence electrons. The van der Waals surface area contributed by atoms with E-state index in [9.17, 15) is 0 Å². The first kappa shape index (κ1) is 24.5. The van der Waals surface area contributed by atoms with E-state index >= 15 is 0 Å². The van der Waals surface area contributed by atoms with Crippen LogP contribution in [0.3, 0.4) is 0 Å². The fourth-order valence-electron chi connectivity index (χ4n) is 3.18. The van der Waals surface area contributed by atoms with E-state index < -0.39 is 0 Å². The number of alkyl halides is 2. The Morgan fingerprint density at radius 1 is 0.625 bits per heavy atom. The van der Waals surface area contributed by atoms with Crippen LogP contribution in [0.2, 0.25) is 0 Å². The summed E-state index contributed by atoms with van der Waals surface area (Å²) >= 11 is 11.8. The van der Waals surface area contributed by atoms with Crippen molar-refractivity contribution < 1.29 is 9.78 Å². The van der Waals surface area contributed by atoms with Crippen molar-refractivity contribution >= 4 is 23.2 Å². The van der Waals surface area contributed by atoms with Gasteiger partial charge in [-0.25, -0.2) is 9.78 Å². The summed E-state index contributed by atoms with van der Waals surface area (Å²) in [5.41, 5.74) is 0.611. The number of halogens is 2. The molecular weight excluding hydrogens is 343 g/mol. The second-order valence-electron chi connectivity index (χ2n) is 9.01. The van der Waals surface area contributed by atoms with E-state index in [2.05, 4.69) is 41.5 Å². The van der Waals surface area contributed by atoms with Crippen molar-refractivity contribution in [3.05, 3.63) is 0 Å². The molecule has 0 radical (unpaired) electrons. The molecule has 2 atom stereocenters. The predicted octanol–water partition coefficient (Wildman–Crippen LogP) is 7.08. The molecule has 4 heteroatoms. The predicted molar refractivity (Wildman–Crippen MR) is 107 cm³/mol. The Bertz CT molecular complexity index is 265. The minimum Gasteiger partial charge on any atom is -0.237 e. The van der Waals surface area contributed by atoms with E-state index in [1.54, 1.807) is 0 Å². The van der Waals surface area contributed by atoms with Crippen molar-refractivity contribution in [3.8, 4) is 0 Å². The van der Waals surface area contributed by atoms with Gasteiger partial charge in [-0.15, -0.1) is 23.2 Å². The average molecular weight is 383 g/mol. The SMILES string of the molecule is CC(C)(C)C(CCCl)CCCOOCCCC(CCCl)C(C)(C)C. The summed E-state index contributed by atoms with van der Waals surface area (Å²) in [4.78, 5) is 10.7. The monoisotopic (exact) mass is 382 g/mol. The molecule has 0 aliphatic rings. The molecule has 0 aromatic heterocycles. The summed E-state index contributed by atoms with van der Waals surface area (Å²) in [6, 6.07) is 0. The van der Waals surface area contributed by atoms with Gasteiger partial charge < -0.3 is 0 Å². The van der Waals surface area contributed by atoms with Crippen LogP contribution in [0.4, 0.5) is 0 Å². The lowest BCUT2D eigenvalue weighted by atomic mass is 9.76. The number of hydrogen-bond donors (Lipinski definition) is 0. The average Bonchev–Trinajstić information content (AvgIpc) is 2.45. The van der Waals surface area contributed by atoms with E-state index in [0.29, 0.717) is 35.9 Å². The van der Waals surface area contributed by atoms with Crippen LogP contribution >= 0.6 is 23.2 Å². The van der Waals surface area contributed by atoms with Crippen molar-refractivity contribution in [1.82, 2.24) is 0 Å². The van der Waals surface area contributed by atoms with E-state index in [0.717, 1.165) is 50.3 Å². The molecule has 0 heterocycles. The van der Waals surface area contributed by atoms with Gasteiger partial charge in [-0.2, -0.15) is 0 Å². The van der Waals surface area contributed by atoms with Crippen LogP contribution < -0.4 is 0 Å². The summed E-state index contributed by atoms with van der Waals surface area (Å²) in [6.07, 6.45) is 6.47. The van der Waals surface area contributed by atoms with E-state index in [1.807, 2.05) is 0 Å². The van der Waals surface area contributed by atoms with Crippen LogP contribution in [0, 0.1) is 22.7 Å². The highest BCUT2D eigenvalue weighted by molar-refractivity contribution is 6.18. The minimum atomic E-state index is 0.306. The van der Waals surface area contributed by atoms with Crippen molar-refractivity contribution in [2.75, 3.05) is 25.0 Å². The molecule has 0 fully saturated rings. The molecule has 0 aromatic carbocycles. The lowest BCUT2D eigenvalue weighted by Crippen LogP contribution is -2.22. The van der Waals surface area contributed by atoms with Crippen LogP contribution in [0.5, 0.6) is 0 Å². The summed E-state index contributed by atoms with van der Waals surface area (Å²) in [5, 5.41) is 0. The first-order chi connectivity index (χ1) is 11.1. The summed E-state index contributed by atoms with van der Waals surface area (Å²) < 4.78 is 0. The highest BCUT2D eigenvalue weighted by atomic mass is 35.5. The molecule has 24 heavy (non-hydrogen) atoms. The first-order valence-corrected chi connectivity index (χ1v) is 10.6. The third kappa shape index (κ3) is 12.0. The van der Waals surface area contributed by atoms with Crippen LogP contribution in [-0.2, 0) is 9.78 Å². The lowest BCUT2D eigenvalue weighted by Gasteiger charge is -2.30. The van der Waals surface area contributed by atoms with E-state index in [1.165, 1.54) is 0 Å². The number of hydrogen-bond acceptors (Lipinski definition) is 2. The maximum atomic E-state index is 5.92. The largest absolute Gasteiger partial charge is 0.237 e. The Morgan fingerprint density at radius 2 is 0.958 bits per heavy atom. The van der Waals surface area contributed by atoms with Gasteiger partial charge in [0.2, 0.25) is 0 Å². The van der Waals surface area contributed by atoms with Gasteiger partial charge in [0.05, 0.1) is 13.2 Å². The molecule has 0 bridgehead atoms. The Morgan fingerprint density at radius 3 is 1.21 bits per heavy atom. The molecule has 0 aliphatic carbocycles. The third-order valence-electron chi connectivity index (χ3n) is 5.01. The minimum absolute atomic E-state index is 0.306. The van der Waals surface area contributed by atoms with Crippen LogP contribution in [0.25, 0.3) is 0 Å². The molecule has 2 nitrogen and oxygen atoms in total. The Hall–Kier alpha value is 0.500. The highest BCUT2D eigenvalue weighted by Gasteiger charge is 2.24. The standard InChI is InChI=1S/C20H40Cl2O2/c1-19(2,3)17(11-13-21)9-7-15-23-24-16-8-10-18(12-14-22)20(4,5)6/h17-18H,7-16H2,1-6H3. The molecule has 2 unspecified atom stereocenters. The van der Waals surface area contributed by atoms with Gasteiger partial charge in [-0.3, -0.25) is 0 Å². The van der Waals surface area contributed by atoms with Gasteiger partial charge in [0, 0.05) is 11.8 Å². The van der Waals surface area contributed by atoms with E-state index in [-0.39, 0.29) is 0 Å². The molecule has 0 aliphatic heterocycles. The van der Waals surface area contributed by atoms with Crippen molar-refractivity contribution in [1.29, 1.82) is 0 Å². The maximum absolute atomic E-state index is 5.92. The Kier molecular flexibility index (Phi) is 13.1. The van der Waals surface area contributed by atoms with Crippen LogP contribution in [-0.4, -0.2) is 25.0 Å². The third-order valence-corrected chi connectivity index (χ3v) is 5.44. The molecule has 0 spiro atoms. The van der Waals surface area contributed by atoms with Crippen molar-refractivity contribution in [2.24, 2.45) is 22.7 Å². The highest BCUT2D eigenvalue weighted by Crippen LogP contribution is 2.33. The smallest absolute Gasteiger partial charge is 0.0822 e. The molecule has 0 saturated carbocycles. The zero-order chi connectivity index (χ0) is 18.6. The lowest BCUT2D eigenvalue weighted by molar-refractivity contribution is -0.296. The molecule has 0 rings (SSSR count). The van der Waals surface area contributed by atoms with Gasteiger partial charge in [-0.1, -0.05) is 41.5 Å². The topological polar surface area (TPSA) is 18.5 Å². The fourth-order valence-corrected chi connectivity index (χ4v) is 3.71. The maximum Gasteiger partial charge on any atom is 0.0822 e. The van der Waals surface area contributed by atoms with E-state index in [4.69, 9.17) is 33.0 Å². The Balaban J connectivity index is 3.76. The summed E-state index contributed by atoms with van der Waals surface area (Å²) in [6.45, 7) is 15.0.